The molecule has 0 unspecified atom stereocenters. The maximum absolute atomic E-state index is 12.3. The van der Waals surface area contributed by atoms with Crippen molar-refractivity contribution in [3.63, 3.8) is 0 Å². The summed E-state index contributed by atoms with van der Waals surface area (Å²) >= 11 is 8.17. The fourth-order valence-corrected chi connectivity index (χ4v) is 2.20. The second kappa shape index (κ2) is 5.92. The van der Waals surface area contributed by atoms with Gasteiger partial charge in [0.1, 0.15) is 5.82 Å². The van der Waals surface area contributed by atoms with Gasteiger partial charge >= 0.3 is 0 Å². The normalized spacial score (nSPS) is 10.5. The molecule has 0 saturated heterocycles. The van der Waals surface area contributed by atoms with Crippen LogP contribution in [0.1, 0.15) is 16.2 Å². The van der Waals surface area contributed by atoms with E-state index in [-0.39, 0.29) is 5.91 Å². The first-order valence-electron chi connectivity index (χ1n) is 5.65. The van der Waals surface area contributed by atoms with Crippen molar-refractivity contribution in [2.24, 2.45) is 7.05 Å². The Morgan fingerprint density at radius 1 is 1.53 bits per heavy atom. The van der Waals surface area contributed by atoms with E-state index in [0.29, 0.717) is 17.1 Å². The average molecular weight is 390 g/mol. The Morgan fingerprint density at radius 2 is 2.26 bits per heavy atom. The molecule has 0 saturated carbocycles. The second-order valence-corrected chi connectivity index (χ2v) is 5.81. The predicted molar refractivity (Wildman–Crippen MR) is 83.2 cm³/mol. The average Bonchev–Trinajstić information content (AvgIpc) is 2.77. The van der Waals surface area contributed by atoms with Crippen molar-refractivity contribution < 1.29 is 4.79 Å². The molecule has 0 radical (unpaired) electrons. The Hall–Kier alpha value is -1.08. The predicted octanol–water partition coefficient (Wildman–Crippen LogP) is 2.95. The SMILES string of the molecule is CN(Cc1nccn1C)C(=O)c1ccc(I)c(Cl)c1. The van der Waals surface area contributed by atoms with E-state index in [1.165, 1.54) is 0 Å². The molecular weight excluding hydrogens is 377 g/mol. The molecule has 1 aromatic heterocycles. The highest BCUT2D eigenvalue weighted by Crippen LogP contribution is 2.20. The number of carbonyl (C=O) groups is 1. The summed E-state index contributed by atoms with van der Waals surface area (Å²) < 4.78 is 2.83. The Balaban J connectivity index is 2.15. The highest BCUT2D eigenvalue weighted by atomic mass is 127. The Morgan fingerprint density at radius 3 is 2.84 bits per heavy atom. The van der Waals surface area contributed by atoms with Crippen molar-refractivity contribution in [3.05, 3.63) is 50.6 Å². The topological polar surface area (TPSA) is 38.1 Å². The number of nitrogens with zero attached hydrogens (tertiary/aromatic N) is 3. The van der Waals surface area contributed by atoms with E-state index in [1.807, 2.05) is 23.9 Å². The summed E-state index contributed by atoms with van der Waals surface area (Å²) in [5, 5.41) is 0.594. The number of halogens is 2. The van der Waals surface area contributed by atoms with Gasteiger partial charge in [-0.15, -0.1) is 0 Å². The molecule has 2 rings (SSSR count). The van der Waals surface area contributed by atoms with E-state index in [0.717, 1.165) is 9.39 Å². The van der Waals surface area contributed by atoms with Crippen molar-refractivity contribution in [2.75, 3.05) is 7.05 Å². The molecule has 100 valence electrons. The Labute approximate surface area is 130 Å². The highest BCUT2D eigenvalue weighted by Gasteiger charge is 2.14. The first kappa shape index (κ1) is 14.3. The third-order valence-electron chi connectivity index (χ3n) is 2.81. The summed E-state index contributed by atoms with van der Waals surface area (Å²) in [6.07, 6.45) is 3.57. The lowest BCUT2D eigenvalue weighted by Gasteiger charge is -2.17. The number of hydrogen-bond acceptors (Lipinski definition) is 2. The lowest BCUT2D eigenvalue weighted by Crippen LogP contribution is -2.27. The van der Waals surface area contributed by atoms with Crippen LogP contribution < -0.4 is 0 Å². The zero-order valence-corrected chi connectivity index (χ0v) is 13.5. The standard InChI is InChI=1S/C13H13ClIN3O/c1-17-6-5-16-12(17)8-18(2)13(19)9-3-4-11(15)10(14)7-9/h3-7H,8H2,1-2H3. The fraction of sp³-hybridized carbons (Fsp3) is 0.231. The van der Waals surface area contributed by atoms with Gasteiger partial charge in [0.2, 0.25) is 0 Å². The minimum absolute atomic E-state index is 0.0682. The molecule has 0 aliphatic heterocycles. The van der Waals surface area contributed by atoms with Crippen LogP contribution in [-0.2, 0) is 13.6 Å². The fourth-order valence-electron chi connectivity index (χ4n) is 1.68. The van der Waals surface area contributed by atoms with E-state index < -0.39 is 0 Å². The zero-order valence-electron chi connectivity index (χ0n) is 10.6. The van der Waals surface area contributed by atoms with Crippen LogP contribution in [0.15, 0.2) is 30.6 Å². The number of benzene rings is 1. The van der Waals surface area contributed by atoms with Crippen LogP contribution >= 0.6 is 34.2 Å². The smallest absolute Gasteiger partial charge is 0.254 e. The van der Waals surface area contributed by atoms with Gasteiger partial charge in [-0.1, -0.05) is 11.6 Å². The van der Waals surface area contributed by atoms with Crippen molar-refractivity contribution >= 4 is 40.1 Å². The highest BCUT2D eigenvalue weighted by molar-refractivity contribution is 14.1. The van der Waals surface area contributed by atoms with Crippen LogP contribution in [0.2, 0.25) is 5.02 Å². The van der Waals surface area contributed by atoms with Crippen molar-refractivity contribution in [3.8, 4) is 0 Å². The summed E-state index contributed by atoms with van der Waals surface area (Å²) in [4.78, 5) is 18.1. The maximum atomic E-state index is 12.3. The summed E-state index contributed by atoms with van der Waals surface area (Å²) in [6.45, 7) is 0.464. The number of aromatic nitrogens is 2. The van der Waals surface area contributed by atoms with Gasteiger partial charge in [0, 0.05) is 35.6 Å². The molecule has 0 spiro atoms. The molecule has 1 heterocycles. The summed E-state index contributed by atoms with van der Waals surface area (Å²) in [5.41, 5.74) is 0.585. The van der Waals surface area contributed by atoms with E-state index in [1.54, 1.807) is 30.3 Å². The monoisotopic (exact) mass is 389 g/mol. The van der Waals surface area contributed by atoms with E-state index in [2.05, 4.69) is 27.6 Å². The first-order valence-corrected chi connectivity index (χ1v) is 7.11. The van der Waals surface area contributed by atoms with Gasteiger partial charge in [0.15, 0.2) is 0 Å². The van der Waals surface area contributed by atoms with Gasteiger partial charge in [-0.05, 0) is 40.8 Å². The van der Waals surface area contributed by atoms with Crippen LogP contribution in [0, 0.1) is 3.57 Å². The van der Waals surface area contributed by atoms with Gasteiger partial charge in [-0.2, -0.15) is 0 Å². The maximum Gasteiger partial charge on any atom is 0.254 e. The lowest BCUT2D eigenvalue weighted by molar-refractivity contribution is 0.0780. The molecule has 19 heavy (non-hydrogen) atoms. The molecule has 2 aromatic rings. The molecule has 1 aromatic carbocycles. The van der Waals surface area contributed by atoms with Crippen LogP contribution in [-0.4, -0.2) is 27.4 Å². The van der Waals surface area contributed by atoms with Gasteiger partial charge in [0.05, 0.1) is 11.6 Å². The Bertz CT molecular complexity index is 612. The first-order chi connectivity index (χ1) is 8.99. The molecule has 0 aliphatic carbocycles. The van der Waals surface area contributed by atoms with Crippen molar-refractivity contribution in [1.29, 1.82) is 0 Å². The van der Waals surface area contributed by atoms with Crippen LogP contribution in [0.25, 0.3) is 0 Å². The lowest BCUT2D eigenvalue weighted by atomic mass is 10.2. The minimum atomic E-state index is -0.0682. The van der Waals surface area contributed by atoms with Gasteiger partial charge < -0.3 is 9.47 Å². The minimum Gasteiger partial charge on any atom is -0.337 e. The zero-order chi connectivity index (χ0) is 14.0. The molecule has 6 heteroatoms. The molecule has 0 fully saturated rings. The van der Waals surface area contributed by atoms with Gasteiger partial charge in [0.25, 0.3) is 5.91 Å². The molecule has 0 N–H and O–H groups in total. The number of aryl methyl sites for hydroxylation is 1. The Kier molecular flexibility index (Phi) is 4.46. The van der Waals surface area contributed by atoms with Crippen LogP contribution in [0.5, 0.6) is 0 Å². The summed E-state index contributed by atoms with van der Waals surface area (Å²) in [5.74, 6) is 0.772. The largest absolute Gasteiger partial charge is 0.337 e. The number of imidazole rings is 1. The quantitative estimate of drug-likeness (QED) is 0.757. The van der Waals surface area contributed by atoms with Crippen molar-refractivity contribution in [2.45, 2.75) is 6.54 Å². The summed E-state index contributed by atoms with van der Waals surface area (Å²) in [7, 11) is 3.66. The molecule has 4 nitrogen and oxygen atoms in total. The van der Waals surface area contributed by atoms with Crippen LogP contribution in [0.4, 0.5) is 0 Å². The number of hydrogen-bond donors (Lipinski definition) is 0. The van der Waals surface area contributed by atoms with Crippen molar-refractivity contribution in [1.82, 2.24) is 14.5 Å². The van der Waals surface area contributed by atoms with E-state index in [9.17, 15) is 4.79 Å². The molecule has 0 atom stereocenters. The number of amides is 1. The molecule has 0 aliphatic rings. The van der Waals surface area contributed by atoms with E-state index >= 15 is 0 Å². The summed E-state index contributed by atoms with van der Waals surface area (Å²) in [6, 6.07) is 5.32. The number of rotatable bonds is 3. The molecule has 1 amide bonds. The van der Waals surface area contributed by atoms with Crippen LogP contribution in [0.3, 0.4) is 0 Å². The van der Waals surface area contributed by atoms with Gasteiger partial charge in [-0.25, -0.2) is 4.98 Å². The molecule has 0 bridgehead atoms. The van der Waals surface area contributed by atoms with Gasteiger partial charge in [-0.3, -0.25) is 4.79 Å². The third-order valence-corrected chi connectivity index (χ3v) is 4.39. The van der Waals surface area contributed by atoms with E-state index in [4.69, 9.17) is 11.6 Å². The third kappa shape index (κ3) is 3.27. The number of carbonyl (C=O) groups excluding carboxylic acids is 1. The second-order valence-electron chi connectivity index (χ2n) is 4.24. The molecular formula is C13H13ClIN3O.